The summed E-state index contributed by atoms with van der Waals surface area (Å²) in [6.07, 6.45) is 0.541. The lowest BCUT2D eigenvalue weighted by Gasteiger charge is -2.08. The minimum Gasteiger partial charge on any atom is -0.299 e. The highest BCUT2D eigenvalue weighted by Gasteiger charge is 2.33. The van der Waals surface area contributed by atoms with E-state index < -0.39 is 0 Å². The second-order valence-corrected chi connectivity index (χ2v) is 3.55. The first-order chi connectivity index (χ1) is 4.61. The third-order valence-corrected chi connectivity index (χ3v) is 2.17. The predicted molar refractivity (Wildman–Crippen MR) is 41.2 cm³/mol. The molecule has 0 spiro atoms. The van der Waals surface area contributed by atoms with Crippen molar-refractivity contribution in [3.05, 3.63) is 0 Å². The Hall–Kier alpha value is -0.310. The van der Waals surface area contributed by atoms with E-state index in [0.29, 0.717) is 6.42 Å². The molecule has 2 atom stereocenters. The molecule has 10 heavy (non-hydrogen) atoms. The van der Waals surface area contributed by atoms with E-state index in [9.17, 15) is 9.59 Å². The zero-order chi connectivity index (χ0) is 7.72. The van der Waals surface area contributed by atoms with E-state index in [1.165, 1.54) is 0 Å². The maximum atomic E-state index is 11.0. The van der Waals surface area contributed by atoms with E-state index >= 15 is 0 Å². The Balaban J connectivity index is 2.63. The van der Waals surface area contributed by atoms with Gasteiger partial charge in [-0.2, -0.15) is 12.6 Å². The molecule has 0 N–H and O–H groups in total. The fourth-order valence-corrected chi connectivity index (χ4v) is 1.47. The van der Waals surface area contributed by atoms with Crippen LogP contribution >= 0.6 is 12.6 Å². The van der Waals surface area contributed by atoms with Crippen LogP contribution in [0.3, 0.4) is 0 Å². The highest BCUT2D eigenvalue weighted by atomic mass is 32.1. The Morgan fingerprint density at radius 3 is 2.40 bits per heavy atom. The molecule has 1 fully saturated rings. The predicted octanol–water partition coefficient (Wildman–Crippen LogP) is 0.853. The van der Waals surface area contributed by atoms with Gasteiger partial charge in [0.05, 0.1) is 6.42 Å². The summed E-state index contributed by atoms with van der Waals surface area (Å²) >= 11 is 4.12. The summed E-state index contributed by atoms with van der Waals surface area (Å²) < 4.78 is 0. The summed E-state index contributed by atoms with van der Waals surface area (Å²) in [4.78, 5) is 21.7. The number of rotatable bonds is 1. The van der Waals surface area contributed by atoms with Crippen LogP contribution < -0.4 is 0 Å². The van der Waals surface area contributed by atoms with Gasteiger partial charge in [0.2, 0.25) is 0 Å². The van der Waals surface area contributed by atoms with Crippen LogP contribution in [-0.4, -0.2) is 16.8 Å². The number of hydrogen-bond acceptors (Lipinski definition) is 3. The summed E-state index contributed by atoms with van der Waals surface area (Å²) in [7, 11) is 0. The molecule has 0 bridgehead atoms. The van der Waals surface area contributed by atoms with Crippen LogP contribution in [0.15, 0.2) is 0 Å². The molecule has 0 aliphatic heterocycles. The first kappa shape index (κ1) is 7.79. The highest BCUT2D eigenvalue weighted by molar-refractivity contribution is 7.81. The molecule has 0 aromatic carbocycles. The van der Waals surface area contributed by atoms with Crippen LogP contribution in [0.25, 0.3) is 0 Å². The fourth-order valence-electron chi connectivity index (χ4n) is 1.20. The smallest absolute Gasteiger partial charge is 0.144 e. The number of ketones is 2. The van der Waals surface area contributed by atoms with E-state index in [2.05, 4.69) is 12.6 Å². The lowest BCUT2D eigenvalue weighted by Crippen LogP contribution is -2.15. The molecule has 0 amide bonds. The largest absolute Gasteiger partial charge is 0.299 e. The van der Waals surface area contributed by atoms with Crippen molar-refractivity contribution in [1.82, 2.24) is 0 Å². The third-order valence-electron chi connectivity index (χ3n) is 1.81. The number of thiol groups is 1. The van der Waals surface area contributed by atoms with Gasteiger partial charge in [0.15, 0.2) is 0 Å². The van der Waals surface area contributed by atoms with Gasteiger partial charge < -0.3 is 0 Å². The summed E-state index contributed by atoms with van der Waals surface area (Å²) in [6.45, 7) is 1.85. The lowest BCUT2D eigenvalue weighted by atomic mass is 10.0. The Morgan fingerprint density at radius 2 is 2.20 bits per heavy atom. The molecule has 0 saturated heterocycles. The second kappa shape index (κ2) is 2.74. The molecular formula is C7H10O2S. The van der Waals surface area contributed by atoms with Crippen molar-refractivity contribution in [2.75, 3.05) is 0 Å². The quantitative estimate of drug-likeness (QED) is 0.453. The zero-order valence-electron chi connectivity index (χ0n) is 5.83. The van der Waals surface area contributed by atoms with Gasteiger partial charge in [-0.3, -0.25) is 9.59 Å². The van der Waals surface area contributed by atoms with E-state index in [1.807, 2.05) is 6.92 Å². The molecule has 0 aromatic heterocycles. The monoisotopic (exact) mass is 158 g/mol. The van der Waals surface area contributed by atoms with Crippen LogP contribution in [0.4, 0.5) is 0 Å². The minimum absolute atomic E-state index is 0.0268. The summed E-state index contributed by atoms with van der Waals surface area (Å²) in [5.41, 5.74) is 0. The molecular weight excluding hydrogens is 148 g/mol. The van der Waals surface area contributed by atoms with Gasteiger partial charge in [-0.15, -0.1) is 0 Å². The molecule has 3 heteroatoms. The second-order valence-electron chi connectivity index (χ2n) is 2.73. The van der Waals surface area contributed by atoms with Crippen LogP contribution in [0.2, 0.25) is 0 Å². The van der Waals surface area contributed by atoms with Gasteiger partial charge >= 0.3 is 0 Å². The van der Waals surface area contributed by atoms with Gasteiger partial charge in [-0.25, -0.2) is 0 Å². The topological polar surface area (TPSA) is 34.1 Å². The third kappa shape index (κ3) is 1.40. The Kier molecular flexibility index (Phi) is 2.14. The molecule has 0 radical (unpaired) electrons. The fraction of sp³-hybridized carbons (Fsp3) is 0.714. The molecule has 0 heterocycles. The standard InChI is InChI=1S/C7H10O2S/c1-4(10)6-2-5(8)3-7(6)9/h4,6,10H,2-3H2,1H3. The van der Waals surface area contributed by atoms with Gasteiger partial charge in [0.1, 0.15) is 11.6 Å². The van der Waals surface area contributed by atoms with Gasteiger partial charge in [0, 0.05) is 17.6 Å². The van der Waals surface area contributed by atoms with E-state index in [0.717, 1.165) is 0 Å². The van der Waals surface area contributed by atoms with Crippen molar-refractivity contribution in [2.45, 2.75) is 25.0 Å². The molecule has 1 rings (SSSR count). The first-order valence-corrected chi connectivity index (χ1v) is 3.85. The van der Waals surface area contributed by atoms with Crippen LogP contribution in [0.1, 0.15) is 19.8 Å². The van der Waals surface area contributed by atoms with Crippen molar-refractivity contribution in [3.8, 4) is 0 Å². The maximum absolute atomic E-state index is 11.0. The highest BCUT2D eigenvalue weighted by Crippen LogP contribution is 2.24. The Labute approximate surface area is 65.4 Å². The van der Waals surface area contributed by atoms with E-state index in [4.69, 9.17) is 0 Å². The van der Waals surface area contributed by atoms with Crippen molar-refractivity contribution in [3.63, 3.8) is 0 Å². The van der Waals surface area contributed by atoms with Crippen LogP contribution in [0.5, 0.6) is 0 Å². The average molecular weight is 158 g/mol. The van der Waals surface area contributed by atoms with Crippen LogP contribution in [-0.2, 0) is 9.59 Å². The molecule has 2 unspecified atom stereocenters. The number of carbonyl (C=O) groups excluding carboxylic acids is 2. The van der Waals surface area contributed by atoms with Gasteiger partial charge in [-0.1, -0.05) is 6.92 Å². The summed E-state index contributed by atoms with van der Waals surface area (Å²) in [5.74, 6) is 0.0132. The average Bonchev–Trinajstić information content (AvgIpc) is 2.10. The summed E-state index contributed by atoms with van der Waals surface area (Å²) in [5, 5.41) is 0.0268. The molecule has 1 saturated carbocycles. The lowest BCUT2D eigenvalue weighted by molar-refractivity contribution is -0.122. The molecule has 56 valence electrons. The number of carbonyl (C=O) groups is 2. The minimum atomic E-state index is -0.115. The van der Waals surface area contributed by atoms with Crippen molar-refractivity contribution in [1.29, 1.82) is 0 Å². The van der Waals surface area contributed by atoms with Gasteiger partial charge in [-0.05, 0) is 0 Å². The zero-order valence-corrected chi connectivity index (χ0v) is 6.73. The SMILES string of the molecule is CC(S)C1CC(=O)CC1=O. The number of Topliss-reactive ketones (excluding diaryl/α,β-unsaturated/α-hetero) is 2. The van der Waals surface area contributed by atoms with Crippen molar-refractivity contribution < 1.29 is 9.59 Å². The molecule has 0 aromatic rings. The van der Waals surface area contributed by atoms with E-state index in [-0.39, 0.29) is 29.2 Å². The number of hydrogen-bond donors (Lipinski definition) is 1. The normalized spacial score (nSPS) is 29.2. The Morgan fingerprint density at radius 1 is 1.60 bits per heavy atom. The van der Waals surface area contributed by atoms with Crippen molar-refractivity contribution in [2.24, 2.45) is 5.92 Å². The van der Waals surface area contributed by atoms with Crippen LogP contribution in [0, 0.1) is 5.92 Å². The van der Waals surface area contributed by atoms with Gasteiger partial charge in [0.25, 0.3) is 0 Å². The van der Waals surface area contributed by atoms with E-state index in [1.54, 1.807) is 0 Å². The maximum Gasteiger partial charge on any atom is 0.144 e. The molecule has 1 aliphatic carbocycles. The molecule has 2 nitrogen and oxygen atoms in total. The Bertz CT molecular complexity index is 174. The van der Waals surface area contributed by atoms with Crippen molar-refractivity contribution >= 4 is 24.2 Å². The first-order valence-electron chi connectivity index (χ1n) is 3.33. The molecule has 1 aliphatic rings. The summed E-state index contributed by atoms with van der Waals surface area (Å²) in [6, 6.07) is 0.